The fourth-order valence-corrected chi connectivity index (χ4v) is 3.02. The molecule has 106 valence electrons. The van der Waals surface area contributed by atoms with Crippen molar-refractivity contribution in [2.45, 2.75) is 33.2 Å². The zero-order valence-electron chi connectivity index (χ0n) is 12.0. The molecule has 20 heavy (non-hydrogen) atoms. The van der Waals surface area contributed by atoms with Crippen LogP contribution in [0, 0.1) is 12.8 Å². The molecule has 0 radical (unpaired) electrons. The van der Waals surface area contributed by atoms with Gasteiger partial charge in [-0.3, -0.25) is 9.78 Å². The van der Waals surface area contributed by atoms with Gasteiger partial charge in [0, 0.05) is 32.8 Å². The van der Waals surface area contributed by atoms with Crippen molar-refractivity contribution < 1.29 is 4.79 Å². The van der Waals surface area contributed by atoms with Gasteiger partial charge in [-0.15, -0.1) is 0 Å². The molecule has 0 spiro atoms. The van der Waals surface area contributed by atoms with Crippen LogP contribution in [0.3, 0.4) is 0 Å². The number of hydrogen-bond donors (Lipinski definition) is 0. The van der Waals surface area contributed by atoms with Crippen molar-refractivity contribution >= 4 is 16.9 Å². The maximum absolute atomic E-state index is 11.4. The number of amides is 1. The largest absolute Gasteiger partial charge is 0.343 e. The molecule has 3 rings (SSSR count). The summed E-state index contributed by atoms with van der Waals surface area (Å²) in [6.07, 6.45) is 5.78. The summed E-state index contributed by atoms with van der Waals surface area (Å²) in [6.45, 7) is 6.45. The number of aryl methyl sites for hydroxylation is 1. The first-order valence-corrected chi connectivity index (χ1v) is 7.17. The molecule has 0 aromatic carbocycles. The summed E-state index contributed by atoms with van der Waals surface area (Å²) >= 11 is 0. The average molecular weight is 272 g/mol. The maximum Gasteiger partial charge on any atom is 0.219 e. The number of aromatic nitrogens is 3. The number of imidazole rings is 1. The lowest BCUT2D eigenvalue weighted by Crippen LogP contribution is -2.38. The number of fused-ring (bicyclic) bond motifs is 1. The summed E-state index contributed by atoms with van der Waals surface area (Å²) < 4.78 is 2.28. The summed E-state index contributed by atoms with van der Waals surface area (Å²) in [4.78, 5) is 22.0. The van der Waals surface area contributed by atoms with Gasteiger partial charge in [-0.1, -0.05) is 0 Å². The zero-order chi connectivity index (χ0) is 14.1. The average Bonchev–Trinajstić information content (AvgIpc) is 2.76. The van der Waals surface area contributed by atoms with Gasteiger partial charge >= 0.3 is 0 Å². The molecule has 2 aromatic heterocycles. The first-order valence-electron chi connectivity index (χ1n) is 7.17. The second kappa shape index (κ2) is 5.23. The molecule has 0 unspecified atom stereocenters. The Morgan fingerprint density at radius 3 is 2.85 bits per heavy atom. The topological polar surface area (TPSA) is 51.0 Å². The Balaban J connectivity index is 1.74. The van der Waals surface area contributed by atoms with Crippen molar-refractivity contribution in [3.05, 3.63) is 24.3 Å². The minimum Gasteiger partial charge on any atom is -0.343 e. The van der Waals surface area contributed by atoms with Crippen LogP contribution in [0.4, 0.5) is 0 Å². The van der Waals surface area contributed by atoms with E-state index in [2.05, 4.69) is 14.5 Å². The van der Waals surface area contributed by atoms with E-state index in [0.29, 0.717) is 5.92 Å². The number of rotatable bonds is 2. The third-order valence-electron chi connectivity index (χ3n) is 4.24. The highest BCUT2D eigenvalue weighted by Crippen LogP contribution is 2.23. The van der Waals surface area contributed by atoms with Gasteiger partial charge in [-0.05, 0) is 31.7 Å². The molecule has 3 heterocycles. The molecular formula is C15H20N4O. The van der Waals surface area contributed by atoms with Gasteiger partial charge in [0.2, 0.25) is 5.91 Å². The fraction of sp³-hybridized carbons (Fsp3) is 0.533. The maximum atomic E-state index is 11.4. The molecule has 5 nitrogen and oxygen atoms in total. The summed E-state index contributed by atoms with van der Waals surface area (Å²) in [5.74, 6) is 1.86. The van der Waals surface area contributed by atoms with Crippen LogP contribution in [0.2, 0.25) is 0 Å². The van der Waals surface area contributed by atoms with Crippen molar-refractivity contribution in [3.8, 4) is 0 Å². The number of piperidine rings is 1. The van der Waals surface area contributed by atoms with E-state index >= 15 is 0 Å². The van der Waals surface area contributed by atoms with Gasteiger partial charge in [0.25, 0.3) is 0 Å². The molecule has 1 amide bonds. The number of likely N-dealkylation sites (tertiary alicyclic amines) is 1. The lowest BCUT2D eigenvalue weighted by molar-refractivity contribution is -0.130. The van der Waals surface area contributed by atoms with E-state index in [1.807, 2.05) is 30.3 Å². The third-order valence-corrected chi connectivity index (χ3v) is 4.24. The molecular weight excluding hydrogens is 252 g/mol. The molecule has 2 aromatic rings. The van der Waals surface area contributed by atoms with Crippen LogP contribution in [-0.4, -0.2) is 38.4 Å². The Morgan fingerprint density at radius 2 is 2.15 bits per heavy atom. The molecule has 0 aliphatic carbocycles. The molecule has 0 atom stereocenters. The van der Waals surface area contributed by atoms with E-state index in [1.165, 1.54) is 0 Å². The van der Waals surface area contributed by atoms with Crippen molar-refractivity contribution in [3.63, 3.8) is 0 Å². The summed E-state index contributed by atoms with van der Waals surface area (Å²) in [7, 11) is 0. The molecule has 5 heteroatoms. The van der Waals surface area contributed by atoms with Crippen LogP contribution in [0.5, 0.6) is 0 Å². The minimum atomic E-state index is 0.193. The Hall–Kier alpha value is -1.91. The van der Waals surface area contributed by atoms with Crippen LogP contribution < -0.4 is 0 Å². The normalized spacial score (nSPS) is 16.8. The highest BCUT2D eigenvalue weighted by atomic mass is 16.2. The predicted octanol–water partition coefficient (Wildman–Crippen LogP) is 2.00. The first-order chi connectivity index (χ1) is 9.65. The molecule has 1 aliphatic rings. The van der Waals surface area contributed by atoms with Crippen molar-refractivity contribution in [1.29, 1.82) is 0 Å². The SMILES string of the molecule is CC(=O)N1CCC(Cn2c(C)nc3cnccc32)CC1. The Kier molecular flexibility index (Phi) is 3.42. The minimum absolute atomic E-state index is 0.193. The molecule has 0 bridgehead atoms. The van der Waals surface area contributed by atoms with Gasteiger partial charge in [0.1, 0.15) is 11.3 Å². The summed E-state index contributed by atoms with van der Waals surface area (Å²) in [5.41, 5.74) is 2.12. The lowest BCUT2D eigenvalue weighted by Gasteiger charge is -2.31. The van der Waals surface area contributed by atoms with Gasteiger partial charge in [-0.25, -0.2) is 4.98 Å². The number of carbonyl (C=O) groups is 1. The number of pyridine rings is 1. The van der Waals surface area contributed by atoms with E-state index < -0.39 is 0 Å². The van der Waals surface area contributed by atoms with Gasteiger partial charge in [0.15, 0.2) is 0 Å². The van der Waals surface area contributed by atoms with E-state index in [4.69, 9.17) is 0 Å². The second-order valence-electron chi connectivity index (χ2n) is 5.58. The van der Waals surface area contributed by atoms with Gasteiger partial charge in [0.05, 0.1) is 11.7 Å². The monoisotopic (exact) mass is 272 g/mol. The van der Waals surface area contributed by atoms with Crippen molar-refractivity contribution in [1.82, 2.24) is 19.4 Å². The Labute approximate surface area is 118 Å². The molecule has 1 fully saturated rings. The van der Waals surface area contributed by atoms with Crippen LogP contribution in [0.25, 0.3) is 11.0 Å². The van der Waals surface area contributed by atoms with E-state index in [1.54, 1.807) is 6.92 Å². The smallest absolute Gasteiger partial charge is 0.219 e. The van der Waals surface area contributed by atoms with Gasteiger partial charge in [-0.2, -0.15) is 0 Å². The van der Waals surface area contributed by atoms with Crippen LogP contribution in [0.1, 0.15) is 25.6 Å². The standard InChI is InChI=1S/C15H20N4O/c1-11-17-14-9-16-6-3-15(14)19(11)10-13-4-7-18(8-5-13)12(2)20/h3,6,9,13H,4-5,7-8,10H2,1-2H3. The summed E-state index contributed by atoms with van der Waals surface area (Å²) in [6, 6.07) is 2.03. The van der Waals surface area contributed by atoms with Crippen LogP contribution >= 0.6 is 0 Å². The molecule has 1 saturated heterocycles. The van der Waals surface area contributed by atoms with Crippen molar-refractivity contribution in [2.24, 2.45) is 5.92 Å². The van der Waals surface area contributed by atoms with E-state index in [0.717, 1.165) is 49.3 Å². The quantitative estimate of drug-likeness (QED) is 0.840. The van der Waals surface area contributed by atoms with Crippen LogP contribution in [0.15, 0.2) is 18.5 Å². The summed E-state index contributed by atoms with van der Waals surface area (Å²) in [5, 5.41) is 0. The highest BCUT2D eigenvalue weighted by molar-refractivity contribution is 5.74. The number of hydrogen-bond acceptors (Lipinski definition) is 3. The van der Waals surface area contributed by atoms with Crippen LogP contribution in [-0.2, 0) is 11.3 Å². The van der Waals surface area contributed by atoms with E-state index in [-0.39, 0.29) is 5.91 Å². The molecule has 1 aliphatic heterocycles. The number of nitrogens with zero attached hydrogens (tertiary/aromatic N) is 4. The zero-order valence-corrected chi connectivity index (χ0v) is 12.0. The number of carbonyl (C=O) groups excluding carboxylic acids is 1. The highest BCUT2D eigenvalue weighted by Gasteiger charge is 2.22. The first kappa shape index (κ1) is 13.1. The predicted molar refractivity (Wildman–Crippen MR) is 77.2 cm³/mol. The molecule has 0 saturated carbocycles. The second-order valence-corrected chi connectivity index (χ2v) is 5.58. The third kappa shape index (κ3) is 2.40. The van der Waals surface area contributed by atoms with Crippen molar-refractivity contribution in [2.75, 3.05) is 13.1 Å². The fourth-order valence-electron chi connectivity index (χ4n) is 3.02. The lowest BCUT2D eigenvalue weighted by atomic mass is 9.96. The Bertz CT molecular complexity index is 626. The van der Waals surface area contributed by atoms with Gasteiger partial charge < -0.3 is 9.47 Å². The molecule has 0 N–H and O–H groups in total. The Morgan fingerprint density at radius 1 is 1.40 bits per heavy atom. The van der Waals surface area contributed by atoms with E-state index in [9.17, 15) is 4.79 Å².